The molecule has 0 unspecified atom stereocenters. The number of thiophene rings is 2. The van der Waals surface area contributed by atoms with Crippen LogP contribution in [0.3, 0.4) is 0 Å². The van der Waals surface area contributed by atoms with Crippen molar-refractivity contribution < 1.29 is 36.3 Å². The van der Waals surface area contributed by atoms with Crippen LogP contribution < -0.4 is 4.90 Å². The van der Waals surface area contributed by atoms with Crippen LogP contribution in [0.25, 0.3) is 0 Å². The van der Waals surface area contributed by atoms with E-state index < -0.39 is 42.1 Å². The van der Waals surface area contributed by atoms with Gasteiger partial charge in [-0.3, -0.25) is 9.78 Å². The van der Waals surface area contributed by atoms with E-state index in [9.17, 15) is 31.5 Å². The van der Waals surface area contributed by atoms with E-state index in [1.165, 1.54) is 28.4 Å². The number of pyridine rings is 1. The van der Waals surface area contributed by atoms with Crippen molar-refractivity contribution in [3.63, 3.8) is 0 Å². The van der Waals surface area contributed by atoms with Crippen molar-refractivity contribution in [1.29, 1.82) is 0 Å². The molecule has 5 rings (SSSR count). The minimum Gasteiger partial charge on any atom is -0.450 e. The van der Waals surface area contributed by atoms with Gasteiger partial charge in [-0.05, 0) is 73.3 Å². The second-order valence-corrected chi connectivity index (χ2v) is 18.5. The number of nitrogens with zero attached hydrogens (tertiary/aromatic N) is 2. The molecule has 272 valence electrons. The highest BCUT2D eigenvalue weighted by Gasteiger charge is 2.43. The smallest absolute Gasteiger partial charge is 0.334 e. The summed E-state index contributed by atoms with van der Waals surface area (Å²) in [7, 11) is -1.89. The summed E-state index contributed by atoms with van der Waals surface area (Å²) in [5.74, 6) is -0.168. The quantitative estimate of drug-likeness (QED) is 0.167. The highest BCUT2D eigenvalue weighted by molar-refractivity contribution is 7.91. The van der Waals surface area contributed by atoms with Crippen LogP contribution in [0.5, 0.6) is 0 Å². The zero-order chi connectivity index (χ0) is 36.2. The number of halogens is 1. The maximum atomic E-state index is 11.8. The molecule has 0 aromatic carbocycles. The first-order valence-electron chi connectivity index (χ1n) is 14.8. The van der Waals surface area contributed by atoms with Gasteiger partial charge in [0, 0.05) is 65.9 Å². The Balaban J connectivity index is 0.000000352. The molecule has 10 nitrogen and oxygen atoms in total. The molecule has 3 aromatic heterocycles. The molecule has 1 N–H and O–H groups in total. The standard InChI is InChI=1S/C13H16O4S2.C9H12O3S2.C7H10N2.C4H5ClO.CH4/c1-10(2)12(14)17-13(11-4-3-7-18-11)5-8-19(15,16)9-6-13;10-9(8-2-1-5-13-8)3-6-14(11,12)7-4-9;1-9(2)7-3-5-8-6-4-7;1-3(2)4(5)6;/h3-4,7H,1,5-6,8-9H2,2H3;1-2,5,10H,3-4,6-7H2;3-6H,1-2H3;1H2,2H3;1H4. The number of anilines is 1. The first-order valence-corrected chi connectivity index (χ1v) is 20.6. The molecule has 0 spiro atoms. The summed E-state index contributed by atoms with van der Waals surface area (Å²) < 4.78 is 51.1. The lowest BCUT2D eigenvalue weighted by Crippen LogP contribution is -2.40. The van der Waals surface area contributed by atoms with E-state index in [1.54, 1.807) is 26.2 Å². The predicted octanol–water partition coefficient (Wildman–Crippen LogP) is 6.53. The molecule has 5 heterocycles. The van der Waals surface area contributed by atoms with E-state index in [0.29, 0.717) is 36.8 Å². The maximum Gasteiger partial charge on any atom is 0.334 e. The van der Waals surface area contributed by atoms with Gasteiger partial charge in [0.25, 0.3) is 0 Å². The van der Waals surface area contributed by atoms with Crippen LogP contribution in [0.15, 0.2) is 83.9 Å². The molecule has 3 aromatic rings. The summed E-state index contributed by atoms with van der Waals surface area (Å²) in [6.07, 6.45) is 4.86. The van der Waals surface area contributed by atoms with Gasteiger partial charge in [0.2, 0.25) is 5.24 Å². The molecular weight excluding hydrogens is 728 g/mol. The van der Waals surface area contributed by atoms with E-state index in [4.69, 9.17) is 16.3 Å². The van der Waals surface area contributed by atoms with Gasteiger partial charge in [-0.2, -0.15) is 0 Å². The first kappa shape index (κ1) is 44.1. The average molecular weight is 775 g/mol. The minimum atomic E-state index is -3.01. The first-order chi connectivity index (χ1) is 22.3. The Morgan fingerprint density at radius 2 is 1.27 bits per heavy atom. The van der Waals surface area contributed by atoms with E-state index in [1.807, 2.05) is 66.2 Å². The fourth-order valence-electron chi connectivity index (χ4n) is 4.38. The van der Waals surface area contributed by atoms with Gasteiger partial charge >= 0.3 is 5.97 Å². The van der Waals surface area contributed by atoms with Gasteiger partial charge in [0.05, 0.1) is 23.0 Å². The summed E-state index contributed by atoms with van der Waals surface area (Å²) in [5.41, 5.74) is 0.181. The molecule has 0 bridgehead atoms. The molecule has 2 fully saturated rings. The molecular formula is C34H47ClN2O8S4. The van der Waals surface area contributed by atoms with Crippen molar-refractivity contribution in [2.45, 2.75) is 58.2 Å². The summed E-state index contributed by atoms with van der Waals surface area (Å²) in [6, 6.07) is 11.4. The lowest BCUT2D eigenvalue weighted by atomic mass is 9.94. The van der Waals surface area contributed by atoms with Crippen molar-refractivity contribution in [3.05, 3.63) is 93.6 Å². The Bertz CT molecular complexity index is 1680. The topological polar surface area (TPSA) is 148 Å². The number of carbonyl (C=O) groups is 2. The zero-order valence-corrected chi connectivity index (χ0v) is 31.6. The van der Waals surface area contributed by atoms with Gasteiger partial charge in [-0.25, -0.2) is 21.6 Å². The highest BCUT2D eigenvalue weighted by Crippen LogP contribution is 2.40. The molecule has 15 heteroatoms. The summed E-state index contributed by atoms with van der Waals surface area (Å²) >= 11 is 7.84. The minimum absolute atomic E-state index is 0. The number of hydrogen-bond donors (Lipinski definition) is 1. The monoisotopic (exact) mass is 774 g/mol. The van der Waals surface area contributed by atoms with Gasteiger partial charge in [0.1, 0.15) is 11.2 Å². The molecule has 2 aliphatic heterocycles. The lowest BCUT2D eigenvalue weighted by Gasteiger charge is -2.35. The molecule has 2 saturated heterocycles. The van der Waals surface area contributed by atoms with E-state index >= 15 is 0 Å². The van der Waals surface area contributed by atoms with Crippen LogP contribution in [0.4, 0.5) is 5.69 Å². The summed E-state index contributed by atoms with van der Waals surface area (Å²) in [6.45, 7) is 10.00. The number of esters is 1. The highest BCUT2D eigenvalue weighted by atomic mass is 35.5. The number of ether oxygens (including phenoxy) is 1. The van der Waals surface area contributed by atoms with Crippen molar-refractivity contribution in [2.24, 2.45) is 0 Å². The van der Waals surface area contributed by atoms with Crippen molar-refractivity contribution in [1.82, 2.24) is 4.98 Å². The number of aromatic nitrogens is 1. The largest absolute Gasteiger partial charge is 0.450 e. The number of aliphatic hydroxyl groups is 1. The Morgan fingerprint density at radius 3 is 1.61 bits per heavy atom. The summed E-state index contributed by atoms with van der Waals surface area (Å²) in [4.78, 5) is 29.3. The maximum absolute atomic E-state index is 11.8. The van der Waals surface area contributed by atoms with Crippen LogP contribution in [0.1, 0.15) is 56.7 Å². The number of hydrogen-bond acceptors (Lipinski definition) is 12. The molecule has 0 radical (unpaired) electrons. The van der Waals surface area contributed by atoms with E-state index in [2.05, 4.69) is 18.1 Å². The number of carbonyl (C=O) groups excluding carboxylic acids is 2. The Morgan fingerprint density at radius 1 is 0.837 bits per heavy atom. The SMILES string of the molecule is C.C=C(C)C(=O)Cl.C=C(C)C(=O)OC1(c2cccs2)CCS(=O)(=O)CC1.CN(C)c1ccncc1.O=S1(=O)CCC(O)(c2cccs2)CC1. The predicted molar refractivity (Wildman–Crippen MR) is 202 cm³/mol. The van der Waals surface area contributed by atoms with Crippen LogP contribution in [0, 0.1) is 0 Å². The summed E-state index contributed by atoms with van der Waals surface area (Å²) in [5, 5.41) is 13.5. The zero-order valence-electron chi connectivity index (χ0n) is 27.6. The molecule has 49 heavy (non-hydrogen) atoms. The fourth-order valence-corrected chi connectivity index (χ4v) is 9.17. The van der Waals surface area contributed by atoms with E-state index in [-0.39, 0.29) is 30.4 Å². The Hall–Kier alpha value is -2.88. The average Bonchev–Trinajstić information content (AvgIpc) is 3.78. The number of sulfone groups is 2. The number of allylic oxidation sites excluding steroid dienone is 1. The van der Waals surface area contributed by atoms with Gasteiger partial charge < -0.3 is 14.7 Å². The van der Waals surface area contributed by atoms with Crippen LogP contribution in [-0.4, -0.2) is 75.2 Å². The van der Waals surface area contributed by atoms with Crippen LogP contribution >= 0.6 is 34.3 Å². The fraction of sp³-hybridized carbons (Fsp3) is 0.441. The molecule has 0 atom stereocenters. The molecule has 2 aliphatic rings. The Kier molecular flexibility index (Phi) is 17.6. The Labute approximate surface area is 304 Å². The molecule has 0 saturated carbocycles. The van der Waals surface area contributed by atoms with Crippen molar-refractivity contribution in [3.8, 4) is 0 Å². The second kappa shape index (κ2) is 19.5. The van der Waals surface area contributed by atoms with Gasteiger partial charge in [-0.1, -0.05) is 32.7 Å². The third kappa shape index (κ3) is 14.5. The molecule has 0 amide bonds. The normalized spacial score (nSPS) is 17.7. The third-order valence-electron chi connectivity index (χ3n) is 7.39. The van der Waals surface area contributed by atoms with E-state index in [0.717, 1.165) is 9.75 Å². The van der Waals surface area contributed by atoms with Gasteiger partial charge in [-0.15, -0.1) is 22.7 Å². The van der Waals surface area contributed by atoms with Crippen molar-refractivity contribution in [2.75, 3.05) is 42.0 Å². The van der Waals surface area contributed by atoms with Crippen molar-refractivity contribution >= 4 is 70.8 Å². The number of rotatable bonds is 6. The second-order valence-electron chi connectivity index (χ2n) is 11.6. The molecule has 0 aliphatic carbocycles. The van der Waals surface area contributed by atoms with Crippen LogP contribution in [-0.2, 0) is 45.2 Å². The van der Waals surface area contributed by atoms with Crippen LogP contribution in [0.2, 0.25) is 0 Å². The lowest BCUT2D eigenvalue weighted by molar-refractivity contribution is -0.156. The van der Waals surface area contributed by atoms with Gasteiger partial charge in [0.15, 0.2) is 19.7 Å². The third-order valence-corrected chi connectivity index (χ3v) is 13.1.